The quantitative estimate of drug-likeness (QED) is 0.670. The van der Waals surface area contributed by atoms with Crippen molar-refractivity contribution in [3.8, 4) is 11.5 Å². The lowest BCUT2D eigenvalue weighted by Gasteiger charge is -1.93. The van der Waals surface area contributed by atoms with E-state index in [0.29, 0.717) is 22.6 Å². The van der Waals surface area contributed by atoms with Crippen LogP contribution in [-0.4, -0.2) is 15.0 Å². The monoisotopic (exact) mass is 229 g/mol. The Morgan fingerprint density at radius 3 is 2.82 bits per heavy atom. The molecule has 2 aromatic heterocycles. The van der Waals surface area contributed by atoms with Gasteiger partial charge in [-0.1, -0.05) is 6.07 Å². The van der Waals surface area contributed by atoms with E-state index in [4.69, 9.17) is 0 Å². The van der Waals surface area contributed by atoms with Crippen molar-refractivity contribution in [1.82, 2.24) is 15.0 Å². The first-order valence-corrected chi connectivity index (χ1v) is 5.07. The Morgan fingerprint density at radius 1 is 1.12 bits per heavy atom. The van der Waals surface area contributed by atoms with E-state index in [2.05, 4.69) is 15.0 Å². The topological polar surface area (TPSA) is 61.5 Å². The summed E-state index contributed by atoms with van der Waals surface area (Å²) >= 11 is 0. The highest BCUT2D eigenvalue weighted by atomic mass is 19.1. The van der Waals surface area contributed by atoms with Gasteiger partial charge in [0.2, 0.25) is 5.56 Å². The summed E-state index contributed by atoms with van der Waals surface area (Å²) in [5.41, 5.74) is 1.64. The molecule has 2 N–H and O–H groups in total. The molecule has 0 fully saturated rings. The number of aromatic nitrogens is 3. The number of rotatable bonds is 1. The Hall–Kier alpha value is -2.43. The maximum atomic E-state index is 13.0. The zero-order valence-electron chi connectivity index (χ0n) is 8.70. The van der Waals surface area contributed by atoms with Crippen molar-refractivity contribution in [3.05, 3.63) is 52.6 Å². The normalized spacial score (nSPS) is 10.9. The first-order valence-electron chi connectivity index (χ1n) is 5.07. The summed E-state index contributed by atoms with van der Waals surface area (Å²) in [5, 5.41) is 0. The van der Waals surface area contributed by atoms with Crippen molar-refractivity contribution in [2.75, 3.05) is 0 Å². The summed E-state index contributed by atoms with van der Waals surface area (Å²) < 4.78 is 13.0. The molecule has 0 bridgehead atoms. The van der Waals surface area contributed by atoms with Gasteiger partial charge in [-0.2, -0.15) is 0 Å². The fourth-order valence-corrected chi connectivity index (χ4v) is 1.70. The number of hydrogen-bond donors (Lipinski definition) is 2. The Kier molecular flexibility index (Phi) is 2.04. The van der Waals surface area contributed by atoms with Crippen LogP contribution >= 0.6 is 0 Å². The van der Waals surface area contributed by atoms with Gasteiger partial charge in [-0.25, -0.2) is 9.37 Å². The van der Waals surface area contributed by atoms with Crippen molar-refractivity contribution in [1.29, 1.82) is 0 Å². The highest BCUT2D eigenvalue weighted by Crippen LogP contribution is 2.18. The number of H-pyrrole nitrogens is 2. The van der Waals surface area contributed by atoms with E-state index in [-0.39, 0.29) is 11.4 Å². The molecule has 0 amide bonds. The second-order valence-corrected chi connectivity index (χ2v) is 3.68. The predicted molar refractivity (Wildman–Crippen MR) is 62.1 cm³/mol. The number of pyridine rings is 1. The minimum atomic E-state index is -0.325. The molecule has 0 saturated carbocycles. The van der Waals surface area contributed by atoms with E-state index in [1.807, 2.05) is 0 Å². The van der Waals surface area contributed by atoms with Gasteiger partial charge < -0.3 is 9.97 Å². The van der Waals surface area contributed by atoms with Crippen LogP contribution in [0.4, 0.5) is 4.39 Å². The highest BCUT2D eigenvalue weighted by Gasteiger charge is 2.06. The lowest BCUT2D eigenvalue weighted by Crippen LogP contribution is -2.03. The van der Waals surface area contributed by atoms with Crippen molar-refractivity contribution in [2.45, 2.75) is 0 Å². The highest BCUT2D eigenvalue weighted by molar-refractivity contribution is 5.78. The van der Waals surface area contributed by atoms with Crippen molar-refractivity contribution in [2.24, 2.45) is 0 Å². The average Bonchev–Trinajstić information content (AvgIpc) is 2.72. The number of imidazole rings is 1. The minimum Gasteiger partial charge on any atom is -0.337 e. The molecule has 0 aliphatic carbocycles. The molecule has 4 nitrogen and oxygen atoms in total. The molecule has 1 aromatic carbocycles. The van der Waals surface area contributed by atoms with Gasteiger partial charge in [-0.15, -0.1) is 0 Å². The number of nitrogens with zero attached hydrogens (tertiary/aromatic N) is 1. The molecule has 0 spiro atoms. The molecule has 2 heterocycles. The van der Waals surface area contributed by atoms with Crippen LogP contribution < -0.4 is 5.56 Å². The third kappa shape index (κ3) is 1.71. The first-order chi connectivity index (χ1) is 8.22. The van der Waals surface area contributed by atoms with E-state index in [1.54, 1.807) is 18.2 Å². The number of fused-ring (bicyclic) bond motifs is 1. The van der Waals surface area contributed by atoms with Gasteiger partial charge in [-0.05, 0) is 24.3 Å². The van der Waals surface area contributed by atoms with Crippen molar-refractivity contribution in [3.63, 3.8) is 0 Å². The Balaban J connectivity index is 2.21. The zero-order chi connectivity index (χ0) is 11.8. The average molecular weight is 229 g/mol. The lowest BCUT2D eigenvalue weighted by molar-refractivity contribution is 0.629. The van der Waals surface area contributed by atoms with E-state index in [1.165, 1.54) is 18.2 Å². The number of hydrogen-bond acceptors (Lipinski definition) is 2. The van der Waals surface area contributed by atoms with E-state index >= 15 is 0 Å². The van der Waals surface area contributed by atoms with Gasteiger partial charge in [0.1, 0.15) is 5.82 Å². The van der Waals surface area contributed by atoms with Gasteiger partial charge in [-0.3, -0.25) is 4.79 Å². The third-order valence-corrected chi connectivity index (χ3v) is 2.47. The molecule has 5 heteroatoms. The standard InChI is InChI=1S/C12H8FN3O/c13-7-4-5-8-10(6-7)16-12(15-8)9-2-1-3-11(17)14-9/h1-6H,(H,14,17)(H,15,16). The van der Waals surface area contributed by atoms with E-state index < -0.39 is 0 Å². The summed E-state index contributed by atoms with van der Waals surface area (Å²) in [4.78, 5) is 21.1. The summed E-state index contributed by atoms with van der Waals surface area (Å²) in [6.07, 6.45) is 0. The first kappa shape index (κ1) is 9.77. The number of aromatic amines is 2. The third-order valence-electron chi connectivity index (χ3n) is 2.47. The SMILES string of the molecule is O=c1cccc(-c2nc3ccc(F)cc3[nH]2)[nH]1. The summed E-state index contributed by atoms with van der Waals surface area (Å²) in [5.74, 6) is 0.192. The number of nitrogens with one attached hydrogen (secondary N) is 2. The zero-order valence-corrected chi connectivity index (χ0v) is 8.70. The largest absolute Gasteiger partial charge is 0.337 e. The Morgan fingerprint density at radius 2 is 2.00 bits per heavy atom. The second kappa shape index (κ2) is 3.55. The summed E-state index contributed by atoms with van der Waals surface area (Å²) in [7, 11) is 0. The minimum absolute atomic E-state index is 0.200. The molecular formula is C12H8FN3O. The molecule has 84 valence electrons. The molecule has 17 heavy (non-hydrogen) atoms. The van der Waals surface area contributed by atoms with Gasteiger partial charge in [0, 0.05) is 6.07 Å². The molecule has 0 unspecified atom stereocenters. The summed E-state index contributed by atoms with van der Waals surface area (Å²) in [6, 6.07) is 9.10. The Labute approximate surface area is 95.1 Å². The molecule has 0 aliphatic rings. The molecule has 0 saturated heterocycles. The van der Waals surface area contributed by atoms with Crippen LogP contribution in [0.1, 0.15) is 0 Å². The Bertz CT molecular complexity index is 745. The fraction of sp³-hybridized carbons (Fsp3) is 0. The maximum Gasteiger partial charge on any atom is 0.248 e. The van der Waals surface area contributed by atoms with Crippen molar-refractivity contribution < 1.29 is 4.39 Å². The van der Waals surface area contributed by atoms with Crippen LogP contribution in [0.25, 0.3) is 22.6 Å². The molecule has 3 rings (SSSR count). The van der Waals surface area contributed by atoms with Crippen molar-refractivity contribution >= 4 is 11.0 Å². The molecular weight excluding hydrogens is 221 g/mol. The van der Waals surface area contributed by atoms with Gasteiger partial charge in [0.25, 0.3) is 0 Å². The van der Waals surface area contributed by atoms with Crippen LogP contribution in [-0.2, 0) is 0 Å². The number of benzene rings is 1. The van der Waals surface area contributed by atoms with Gasteiger partial charge >= 0.3 is 0 Å². The smallest absolute Gasteiger partial charge is 0.248 e. The molecule has 0 radical (unpaired) electrons. The fourth-order valence-electron chi connectivity index (χ4n) is 1.70. The number of halogens is 1. The van der Waals surface area contributed by atoms with Gasteiger partial charge in [0.05, 0.1) is 16.7 Å². The lowest BCUT2D eigenvalue weighted by atomic mass is 10.3. The summed E-state index contributed by atoms with van der Waals surface area (Å²) in [6.45, 7) is 0. The van der Waals surface area contributed by atoms with E-state index in [9.17, 15) is 9.18 Å². The maximum absolute atomic E-state index is 13.0. The van der Waals surface area contributed by atoms with Crippen LogP contribution in [0.3, 0.4) is 0 Å². The predicted octanol–water partition coefficient (Wildman–Crippen LogP) is 2.06. The van der Waals surface area contributed by atoms with Gasteiger partial charge in [0.15, 0.2) is 5.82 Å². The molecule has 0 atom stereocenters. The molecule has 3 aromatic rings. The molecule has 0 aliphatic heterocycles. The van der Waals surface area contributed by atoms with Crippen LogP contribution in [0.15, 0.2) is 41.2 Å². The second-order valence-electron chi connectivity index (χ2n) is 3.68. The van der Waals surface area contributed by atoms with E-state index in [0.717, 1.165) is 0 Å². The van der Waals surface area contributed by atoms with Crippen LogP contribution in [0.5, 0.6) is 0 Å². The van der Waals surface area contributed by atoms with Crippen LogP contribution in [0.2, 0.25) is 0 Å². The van der Waals surface area contributed by atoms with Crippen LogP contribution in [0, 0.1) is 5.82 Å².